The van der Waals surface area contributed by atoms with E-state index in [0.717, 1.165) is 5.56 Å². The molecule has 0 N–H and O–H groups in total. The van der Waals surface area contributed by atoms with Gasteiger partial charge in [0.15, 0.2) is 5.78 Å². The van der Waals surface area contributed by atoms with Gasteiger partial charge in [-0.3, -0.25) is 23.5 Å². The minimum atomic E-state index is -0.341. The van der Waals surface area contributed by atoms with E-state index in [-0.39, 0.29) is 54.2 Å². The van der Waals surface area contributed by atoms with Crippen molar-refractivity contribution >= 4 is 39.2 Å². The van der Waals surface area contributed by atoms with Crippen molar-refractivity contribution in [1.82, 2.24) is 18.6 Å². The summed E-state index contributed by atoms with van der Waals surface area (Å²) in [5, 5.41) is 0.417. The number of halogens is 2. The second kappa shape index (κ2) is 12.1. The topological polar surface area (TPSA) is 95.5 Å². The summed E-state index contributed by atoms with van der Waals surface area (Å²) in [6.07, 6.45) is 2.18. The molecule has 0 saturated heterocycles. The monoisotopic (exact) mass is 652 g/mol. The number of rotatable bonds is 8. The van der Waals surface area contributed by atoms with Gasteiger partial charge in [-0.05, 0) is 84.2 Å². The maximum atomic E-state index is 13.9. The summed E-state index contributed by atoms with van der Waals surface area (Å²) in [4.78, 5) is 54.5. The Balaban J connectivity index is 1.53. The van der Waals surface area contributed by atoms with E-state index in [9.17, 15) is 19.2 Å². The molecule has 0 bridgehead atoms. The van der Waals surface area contributed by atoms with Crippen LogP contribution in [-0.2, 0) is 26.6 Å². The second-order valence-electron chi connectivity index (χ2n) is 10.5. The van der Waals surface area contributed by atoms with E-state index in [2.05, 4.69) is 15.9 Å². The number of hydrogen-bond acceptors (Lipinski definition) is 5. The maximum Gasteiger partial charge on any atom is 0.333 e. The lowest BCUT2D eigenvalue weighted by Crippen LogP contribution is -2.41. The lowest BCUT2D eigenvalue weighted by atomic mass is 10.0. The third-order valence-electron chi connectivity index (χ3n) is 7.15. The number of Topliss-reactive ketones (excluding diaryl/α,β-unsaturated/α-hetero) is 1. The average molecular weight is 654 g/mol. The number of fused-ring (bicyclic) bond motifs is 1. The zero-order chi connectivity index (χ0) is 30.1. The Morgan fingerprint density at radius 2 is 1.76 bits per heavy atom. The first-order chi connectivity index (χ1) is 20.0. The van der Waals surface area contributed by atoms with Gasteiger partial charge in [0.25, 0.3) is 5.91 Å². The number of hydrogen-bond donors (Lipinski definition) is 0. The van der Waals surface area contributed by atoms with Crippen LogP contribution < -0.4 is 16.0 Å². The predicted octanol–water partition coefficient (Wildman–Crippen LogP) is 5.01. The van der Waals surface area contributed by atoms with E-state index in [1.165, 1.54) is 15.2 Å². The molecule has 0 fully saturated rings. The van der Waals surface area contributed by atoms with Crippen molar-refractivity contribution < 1.29 is 14.3 Å². The number of aryl methyl sites for hydroxylation is 2. The molecule has 0 unspecified atom stereocenters. The van der Waals surface area contributed by atoms with Gasteiger partial charge in [-0.2, -0.15) is 0 Å². The first kappa shape index (κ1) is 29.6. The maximum absolute atomic E-state index is 13.9. The van der Waals surface area contributed by atoms with Crippen molar-refractivity contribution in [3.8, 4) is 11.4 Å². The summed E-state index contributed by atoms with van der Waals surface area (Å²) in [6, 6.07) is 15.2. The molecular formula is C31H30BrClN4O5. The number of amides is 1. The van der Waals surface area contributed by atoms with Crippen LogP contribution in [0.4, 0.5) is 0 Å². The van der Waals surface area contributed by atoms with Crippen molar-refractivity contribution in [3.63, 3.8) is 0 Å². The molecular weight excluding hydrogens is 624 g/mol. The largest absolute Gasteiger partial charge is 0.491 e. The van der Waals surface area contributed by atoms with Crippen molar-refractivity contribution in [2.24, 2.45) is 7.05 Å². The summed E-state index contributed by atoms with van der Waals surface area (Å²) in [6.45, 7) is 4.49. The molecule has 4 aromatic rings. The second-order valence-corrected chi connectivity index (χ2v) is 11.8. The molecule has 0 saturated carbocycles. The van der Waals surface area contributed by atoms with Crippen LogP contribution in [-0.4, -0.2) is 42.9 Å². The molecule has 5 rings (SSSR count). The van der Waals surface area contributed by atoms with Gasteiger partial charge >= 0.3 is 5.69 Å². The minimum absolute atomic E-state index is 0.0147. The van der Waals surface area contributed by atoms with Gasteiger partial charge in [-0.1, -0.05) is 17.7 Å². The zero-order valence-corrected chi connectivity index (χ0v) is 25.8. The summed E-state index contributed by atoms with van der Waals surface area (Å²) in [5.41, 5.74) is 2.02. The van der Waals surface area contributed by atoms with Crippen LogP contribution >= 0.6 is 27.5 Å². The zero-order valence-electron chi connectivity index (χ0n) is 23.5. The summed E-state index contributed by atoms with van der Waals surface area (Å²) < 4.78 is 10.9. The number of aromatic nitrogens is 3. The first-order valence-corrected chi connectivity index (χ1v) is 14.7. The molecule has 0 radical (unpaired) electrons. The van der Waals surface area contributed by atoms with Gasteiger partial charge in [-0.25, -0.2) is 4.79 Å². The van der Waals surface area contributed by atoms with E-state index in [4.69, 9.17) is 16.3 Å². The fourth-order valence-corrected chi connectivity index (χ4v) is 5.52. The quantitative estimate of drug-likeness (QED) is 0.249. The Morgan fingerprint density at radius 3 is 2.43 bits per heavy atom. The van der Waals surface area contributed by atoms with Crippen LogP contribution in [0.1, 0.15) is 52.4 Å². The third kappa shape index (κ3) is 6.00. The van der Waals surface area contributed by atoms with Gasteiger partial charge < -0.3 is 14.2 Å². The van der Waals surface area contributed by atoms with Crippen molar-refractivity contribution in [2.45, 2.75) is 45.9 Å². The van der Waals surface area contributed by atoms with Gasteiger partial charge in [-0.15, -0.1) is 0 Å². The molecule has 1 aliphatic rings. The van der Waals surface area contributed by atoms with Gasteiger partial charge in [0.1, 0.15) is 11.4 Å². The molecule has 2 aromatic carbocycles. The highest BCUT2D eigenvalue weighted by molar-refractivity contribution is 9.10. The molecule has 0 atom stereocenters. The van der Waals surface area contributed by atoms with Crippen LogP contribution in [0.15, 0.2) is 74.9 Å². The average Bonchev–Trinajstić information content (AvgIpc) is 3.26. The fraction of sp³-hybridized carbons (Fsp3) is 0.290. The first-order valence-electron chi connectivity index (χ1n) is 13.6. The Labute approximate surface area is 256 Å². The number of pyridine rings is 1. The normalized spacial score (nSPS) is 12.9. The van der Waals surface area contributed by atoms with E-state index >= 15 is 0 Å². The van der Waals surface area contributed by atoms with Crippen LogP contribution in [0, 0.1) is 0 Å². The van der Waals surface area contributed by atoms with E-state index in [0.29, 0.717) is 45.2 Å². The summed E-state index contributed by atoms with van der Waals surface area (Å²) in [5.74, 6) is 0.172. The molecule has 1 aliphatic heterocycles. The predicted molar refractivity (Wildman–Crippen MR) is 164 cm³/mol. The third-order valence-corrected chi connectivity index (χ3v) is 8.38. The molecule has 0 aliphatic carbocycles. The fourth-order valence-electron chi connectivity index (χ4n) is 5.09. The van der Waals surface area contributed by atoms with Crippen LogP contribution in [0.5, 0.6) is 5.75 Å². The van der Waals surface area contributed by atoms with E-state index in [1.54, 1.807) is 71.2 Å². The minimum Gasteiger partial charge on any atom is -0.491 e. The molecule has 218 valence electrons. The number of carbonyl (C=O) groups excluding carboxylic acids is 2. The van der Waals surface area contributed by atoms with Crippen LogP contribution in [0.2, 0.25) is 5.02 Å². The van der Waals surface area contributed by atoms with Crippen LogP contribution in [0.3, 0.4) is 0 Å². The van der Waals surface area contributed by atoms with Crippen molar-refractivity contribution in [3.05, 3.63) is 114 Å². The van der Waals surface area contributed by atoms with Crippen molar-refractivity contribution in [2.75, 3.05) is 6.54 Å². The number of benzene rings is 2. The molecule has 1 amide bonds. The lowest BCUT2D eigenvalue weighted by Gasteiger charge is -2.28. The van der Waals surface area contributed by atoms with E-state index < -0.39 is 0 Å². The highest BCUT2D eigenvalue weighted by Crippen LogP contribution is 2.27. The highest BCUT2D eigenvalue weighted by atomic mass is 79.9. The Bertz CT molecular complexity index is 1790. The number of ketones is 1. The number of nitrogens with zero attached hydrogens (tertiary/aromatic N) is 4. The molecule has 11 heteroatoms. The summed E-state index contributed by atoms with van der Waals surface area (Å²) >= 11 is 9.59. The van der Waals surface area contributed by atoms with Gasteiger partial charge in [0.05, 0.1) is 29.1 Å². The Hall–Kier alpha value is -3.89. The smallest absolute Gasteiger partial charge is 0.333 e. The number of imidazole rings is 1. The summed E-state index contributed by atoms with van der Waals surface area (Å²) in [7, 11) is 1.66. The molecule has 42 heavy (non-hydrogen) atoms. The van der Waals surface area contributed by atoms with Gasteiger partial charge in [0.2, 0.25) is 5.56 Å². The molecule has 3 heterocycles. The van der Waals surface area contributed by atoms with Crippen molar-refractivity contribution in [1.29, 1.82) is 0 Å². The molecule has 0 spiro atoms. The standard InChI is InChI=1S/C31H30BrClN4O5/c1-19(2)42-23-9-7-22(8-10-23)37-29(27(38)12-4-20-5-13-28(39)34(3)17-20)26-18-35(14-15-36(26)31(37)41)30(40)21-6-11-24(32)25(33)16-21/h5-11,13,16-17,19H,4,12,14-15,18H2,1-3H3. The Kier molecular flexibility index (Phi) is 8.56. The Morgan fingerprint density at radius 1 is 1.02 bits per heavy atom. The lowest BCUT2D eigenvalue weighted by molar-refractivity contribution is 0.0707. The number of ether oxygens (including phenoxy) is 1. The number of carbonyl (C=O) groups is 2. The van der Waals surface area contributed by atoms with Gasteiger partial charge in [0, 0.05) is 48.9 Å². The SMILES string of the molecule is CC(C)Oc1ccc(-n2c(C(=O)CCc3ccc(=O)n(C)c3)c3n(c2=O)CCN(C(=O)c2ccc(Br)c(Cl)c2)C3)cc1. The van der Waals surface area contributed by atoms with Crippen LogP contribution in [0.25, 0.3) is 5.69 Å². The molecule has 9 nitrogen and oxygen atoms in total. The molecule has 2 aromatic heterocycles. The highest BCUT2D eigenvalue weighted by Gasteiger charge is 2.32. The van der Waals surface area contributed by atoms with E-state index in [1.807, 2.05) is 13.8 Å².